The van der Waals surface area contributed by atoms with Gasteiger partial charge < -0.3 is 5.53 Å². The van der Waals surface area contributed by atoms with E-state index in [1.54, 1.807) is 0 Å². The van der Waals surface area contributed by atoms with Gasteiger partial charge in [0.25, 0.3) is 19.7 Å². The predicted molar refractivity (Wildman–Crippen MR) is 110 cm³/mol. The van der Waals surface area contributed by atoms with Gasteiger partial charge in [0.2, 0.25) is 0 Å². The lowest BCUT2D eigenvalue weighted by molar-refractivity contribution is 0.00355. The van der Waals surface area contributed by atoms with Crippen molar-refractivity contribution in [2.45, 2.75) is 108 Å². The minimum Gasteiger partial charge on any atom is -0.359 e. The summed E-state index contributed by atoms with van der Waals surface area (Å²) in [6.07, 6.45) is 11.0. The maximum absolute atomic E-state index is 12.8. The molecule has 1 aliphatic rings. The minimum absolute atomic E-state index is 0.432. The quantitative estimate of drug-likeness (QED) is 0.189. The van der Waals surface area contributed by atoms with Gasteiger partial charge in [-0.15, -0.1) is 4.79 Å². The van der Waals surface area contributed by atoms with Gasteiger partial charge in [-0.3, -0.25) is 0 Å². The normalized spacial score (nSPS) is 21.6. The van der Waals surface area contributed by atoms with Crippen molar-refractivity contribution in [3.63, 3.8) is 0 Å². The zero-order chi connectivity index (χ0) is 20.7. The Hall–Kier alpha value is -0.720. The molecular weight excluding hydrogens is 384 g/mol. The molecule has 158 valence electrons. The Balaban J connectivity index is 2.64. The number of sulfone groups is 2. The van der Waals surface area contributed by atoms with Crippen LogP contribution >= 0.6 is 0 Å². The fourth-order valence-corrected chi connectivity index (χ4v) is 7.92. The summed E-state index contributed by atoms with van der Waals surface area (Å²) in [5.41, 5.74) is 9.18. The van der Waals surface area contributed by atoms with Crippen molar-refractivity contribution < 1.29 is 21.6 Å². The summed E-state index contributed by atoms with van der Waals surface area (Å²) in [7, 11) is -8.38. The number of unbranched alkanes of at least 4 members (excludes halogenated alkanes) is 5. The van der Waals surface area contributed by atoms with Crippen LogP contribution in [0.25, 0.3) is 5.53 Å². The second kappa shape index (κ2) is 10.2. The molecule has 0 unspecified atom stereocenters. The number of hydrogen-bond donors (Lipinski definition) is 0. The van der Waals surface area contributed by atoms with Gasteiger partial charge in [0, 0.05) is 0 Å². The molecule has 0 radical (unpaired) electrons. The second-order valence-corrected chi connectivity index (χ2v) is 13.7. The number of nitrogens with zero attached hydrogens (tertiary/aromatic N) is 2. The molecule has 0 bridgehead atoms. The summed E-state index contributed by atoms with van der Waals surface area (Å²) in [6, 6.07) is 0. The summed E-state index contributed by atoms with van der Waals surface area (Å²) in [5, 5.41) is -0.777. The molecule has 1 fully saturated rings. The highest BCUT2D eigenvalue weighted by molar-refractivity contribution is 8.31. The lowest BCUT2D eigenvalue weighted by Crippen LogP contribution is -2.43. The Labute approximate surface area is 165 Å². The summed E-state index contributed by atoms with van der Waals surface area (Å²) in [6.45, 7) is 6.41. The first kappa shape index (κ1) is 24.3. The maximum atomic E-state index is 12.8. The molecule has 27 heavy (non-hydrogen) atoms. The van der Waals surface area contributed by atoms with Crippen LogP contribution < -0.4 is 0 Å². The van der Waals surface area contributed by atoms with E-state index in [4.69, 9.17) is 0 Å². The predicted octanol–water partition coefficient (Wildman–Crippen LogP) is 4.51. The third kappa shape index (κ3) is 6.40. The first-order chi connectivity index (χ1) is 12.5. The molecule has 0 aromatic carbocycles. The van der Waals surface area contributed by atoms with E-state index in [1.165, 1.54) is 59.3 Å². The summed E-state index contributed by atoms with van der Waals surface area (Å²) in [5.74, 6) is 0.511. The number of hydrogen-bond acceptors (Lipinski definition) is 4. The molecule has 0 atom stereocenters. The van der Waals surface area contributed by atoms with Crippen molar-refractivity contribution in [2.24, 2.45) is 5.92 Å². The Morgan fingerprint density at radius 3 is 1.93 bits per heavy atom. The van der Waals surface area contributed by atoms with E-state index in [-0.39, 0.29) is 0 Å². The zero-order valence-corrected chi connectivity index (χ0v) is 18.9. The molecule has 0 aromatic rings. The molecule has 0 saturated heterocycles. The van der Waals surface area contributed by atoms with Crippen LogP contribution in [0.2, 0.25) is 0 Å². The molecule has 0 amide bonds. The van der Waals surface area contributed by atoms with Crippen LogP contribution in [-0.4, -0.2) is 36.0 Å². The van der Waals surface area contributed by atoms with Crippen LogP contribution in [0, 0.1) is 5.92 Å². The van der Waals surface area contributed by atoms with Gasteiger partial charge in [-0.2, -0.15) is 0 Å². The van der Waals surface area contributed by atoms with Gasteiger partial charge in [-0.25, -0.2) is 16.8 Å². The van der Waals surface area contributed by atoms with E-state index in [9.17, 15) is 22.4 Å². The third-order valence-electron chi connectivity index (χ3n) is 5.56. The molecule has 0 aromatic heterocycles. The van der Waals surface area contributed by atoms with Crippen molar-refractivity contribution in [3.8, 4) is 0 Å². The molecule has 0 N–H and O–H groups in total. The molecule has 1 aliphatic carbocycles. The number of rotatable bonds is 8. The van der Waals surface area contributed by atoms with Gasteiger partial charge in [-0.1, -0.05) is 51.9 Å². The first-order valence-electron chi connectivity index (χ1n) is 10.2. The summed E-state index contributed by atoms with van der Waals surface area (Å²) < 4.78 is 48.2. The van der Waals surface area contributed by atoms with E-state index >= 15 is 0 Å². The van der Waals surface area contributed by atoms with Gasteiger partial charge in [-0.05, 0) is 52.4 Å². The summed E-state index contributed by atoms with van der Waals surface area (Å²) in [4.78, 5) is 2.72. The Morgan fingerprint density at radius 1 is 0.926 bits per heavy atom. The molecule has 0 heterocycles. The maximum Gasteiger partial charge on any atom is 0.495 e. The molecular formula is C19H36N2O4S2. The molecule has 0 aliphatic heterocycles. The Kier molecular flexibility index (Phi) is 9.16. The zero-order valence-electron chi connectivity index (χ0n) is 17.3. The van der Waals surface area contributed by atoms with Gasteiger partial charge in [0.1, 0.15) is 0 Å². The summed E-state index contributed by atoms with van der Waals surface area (Å²) >= 11 is 0. The van der Waals surface area contributed by atoms with E-state index in [1.807, 2.05) is 0 Å². The molecule has 1 rings (SSSR count). The van der Waals surface area contributed by atoms with Crippen LogP contribution in [0.15, 0.2) is 0 Å². The average Bonchev–Trinajstić information content (AvgIpc) is 2.57. The van der Waals surface area contributed by atoms with E-state index in [0.717, 1.165) is 19.3 Å². The Bertz CT molecular complexity index is 722. The van der Waals surface area contributed by atoms with E-state index in [2.05, 4.69) is 11.7 Å². The lowest BCUT2D eigenvalue weighted by atomic mass is 9.85. The van der Waals surface area contributed by atoms with Gasteiger partial charge in [0.15, 0.2) is 0 Å². The van der Waals surface area contributed by atoms with Crippen LogP contribution in [0.4, 0.5) is 0 Å². The van der Waals surface area contributed by atoms with Crippen molar-refractivity contribution in [2.75, 3.05) is 0 Å². The van der Waals surface area contributed by atoms with Crippen LogP contribution in [0.3, 0.4) is 0 Å². The topological polar surface area (TPSA) is 105 Å². The van der Waals surface area contributed by atoms with Crippen molar-refractivity contribution in [3.05, 3.63) is 5.53 Å². The highest BCUT2D eigenvalue weighted by Crippen LogP contribution is 2.34. The molecule has 8 heteroatoms. The standard InChI is InChI=1S/C19H36N2O4S2/c1-5-6-7-8-9-10-11-16-12-14-17(15-13-16)26(22,23)18(21-20)27(24,25)19(2,3)4/h16-17H,5-15H2,1-4H3. The van der Waals surface area contributed by atoms with Crippen LogP contribution in [-0.2, 0) is 19.7 Å². The fraction of sp³-hybridized carbons (Fsp3) is 0.947. The molecule has 0 spiro atoms. The second-order valence-electron chi connectivity index (χ2n) is 8.73. The Morgan fingerprint density at radius 2 is 1.44 bits per heavy atom. The highest BCUT2D eigenvalue weighted by Gasteiger charge is 2.52. The third-order valence-corrected chi connectivity index (χ3v) is 11.0. The van der Waals surface area contributed by atoms with E-state index in [0.29, 0.717) is 18.8 Å². The molecule has 6 nitrogen and oxygen atoms in total. The highest BCUT2D eigenvalue weighted by atomic mass is 32.3. The van der Waals surface area contributed by atoms with Crippen LogP contribution in [0.1, 0.15) is 98.3 Å². The fourth-order valence-electron chi connectivity index (χ4n) is 3.61. The van der Waals surface area contributed by atoms with Crippen molar-refractivity contribution in [1.29, 1.82) is 0 Å². The van der Waals surface area contributed by atoms with Gasteiger partial charge in [0.05, 0.1) is 10.00 Å². The monoisotopic (exact) mass is 420 g/mol. The van der Waals surface area contributed by atoms with Crippen molar-refractivity contribution >= 4 is 24.1 Å². The van der Waals surface area contributed by atoms with Gasteiger partial charge >= 0.3 is 4.38 Å². The largest absolute Gasteiger partial charge is 0.495 e. The smallest absolute Gasteiger partial charge is 0.359 e. The SMILES string of the molecule is CCCCCCCCC1CCC(S(=O)(=O)C(=[N+]=[N-])S(=O)(=O)C(C)(C)C)CC1. The average molecular weight is 421 g/mol. The minimum atomic E-state index is -4.22. The lowest BCUT2D eigenvalue weighted by Gasteiger charge is -2.27. The van der Waals surface area contributed by atoms with Crippen LogP contribution in [0.5, 0.6) is 0 Å². The first-order valence-corrected chi connectivity index (χ1v) is 13.2. The van der Waals surface area contributed by atoms with E-state index < -0.39 is 34.0 Å². The van der Waals surface area contributed by atoms with Crippen molar-refractivity contribution in [1.82, 2.24) is 0 Å². The molecule has 1 saturated carbocycles.